The second-order valence-corrected chi connectivity index (χ2v) is 8.25. The second kappa shape index (κ2) is 9.81. The van der Waals surface area contributed by atoms with Crippen molar-refractivity contribution in [3.05, 3.63) is 144 Å². The Kier molecular flexibility index (Phi) is 6.42. The van der Waals surface area contributed by atoms with Crippen molar-refractivity contribution in [2.45, 2.75) is 11.2 Å². The van der Waals surface area contributed by atoms with Crippen LogP contribution >= 0.6 is 0 Å². The molecule has 0 aliphatic carbocycles. The van der Waals surface area contributed by atoms with E-state index in [0.29, 0.717) is 22.3 Å². The van der Waals surface area contributed by atoms with Gasteiger partial charge in [-0.15, -0.1) is 0 Å². The van der Waals surface area contributed by atoms with Crippen LogP contribution in [0.1, 0.15) is 22.3 Å². The molecule has 4 aromatic carbocycles. The third-order valence-electron chi connectivity index (χ3n) is 6.23. The van der Waals surface area contributed by atoms with Crippen LogP contribution in [0.5, 0.6) is 0 Å². The van der Waals surface area contributed by atoms with Crippen molar-refractivity contribution in [3.63, 3.8) is 0 Å². The maximum Gasteiger partial charge on any atom is 0.717 e. The maximum atomic E-state index is 13.6. The van der Waals surface area contributed by atoms with Gasteiger partial charge in [-0.05, 0) is 22.3 Å². The van der Waals surface area contributed by atoms with Crippen LogP contribution in [0, 0.1) is 0 Å². The Bertz CT molecular complexity index is 1250. The number of rotatable bonds is 7. The topological polar surface area (TPSA) is 71.1 Å². The van der Waals surface area contributed by atoms with Crippen molar-refractivity contribution >= 4 is 19.3 Å². The zero-order valence-electron chi connectivity index (χ0n) is 19.6. The summed E-state index contributed by atoms with van der Waals surface area (Å²) in [7, 11) is -0.232. The first-order chi connectivity index (χ1) is 17.6. The lowest BCUT2D eigenvalue weighted by atomic mass is 9.84. The summed E-state index contributed by atoms with van der Waals surface area (Å²) in [6.45, 7) is 0. The van der Waals surface area contributed by atoms with E-state index in [1.807, 2.05) is 48.5 Å². The minimum Gasteiger partial charge on any atom is -0.482 e. The lowest BCUT2D eigenvalue weighted by molar-refractivity contribution is -0.159. The van der Waals surface area contributed by atoms with Gasteiger partial charge in [0.25, 0.3) is 0 Å². The number of methoxy groups -OCH3 is 1. The zero-order valence-corrected chi connectivity index (χ0v) is 19.6. The van der Waals surface area contributed by atoms with Crippen LogP contribution in [0.4, 0.5) is 0 Å². The van der Waals surface area contributed by atoms with Crippen molar-refractivity contribution in [2.75, 3.05) is 7.11 Å². The van der Waals surface area contributed by atoms with Crippen LogP contribution in [0.15, 0.2) is 121 Å². The summed E-state index contributed by atoms with van der Waals surface area (Å²) in [6.07, 6.45) is 0. The van der Waals surface area contributed by atoms with Gasteiger partial charge in [-0.3, -0.25) is 0 Å². The highest BCUT2D eigenvalue weighted by atomic mass is 16.8. The van der Waals surface area contributed by atoms with Gasteiger partial charge >= 0.3 is 19.3 Å². The lowest BCUT2D eigenvalue weighted by Gasteiger charge is -2.33. The van der Waals surface area contributed by atoms with Crippen molar-refractivity contribution in [1.29, 1.82) is 0 Å². The summed E-state index contributed by atoms with van der Waals surface area (Å²) in [5.41, 5.74) is -1.18. The molecule has 4 aromatic rings. The summed E-state index contributed by atoms with van der Waals surface area (Å²) in [5.74, 6) is -1.33. The Morgan fingerprint density at radius 2 is 1.14 bits per heavy atom. The van der Waals surface area contributed by atoms with E-state index in [1.165, 1.54) is 7.11 Å². The van der Waals surface area contributed by atoms with Gasteiger partial charge in [0.2, 0.25) is 11.2 Å². The average Bonchev–Trinajstić information content (AvgIpc) is 3.29. The fourth-order valence-corrected chi connectivity index (χ4v) is 4.54. The highest BCUT2D eigenvalue weighted by Crippen LogP contribution is 2.43. The number of benzene rings is 4. The van der Waals surface area contributed by atoms with E-state index in [2.05, 4.69) is 0 Å². The highest BCUT2D eigenvalue weighted by molar-refractivity contribution is 6.43. The molecule has 36 heavy (non-hydrogen) atoms. The molecular formula is C29H23BO6. The zero-order chi connectivity index (χ0) is 25.0. The molecule has 0 aromatic heterocycles. The van der Waals surface area contributed by atoms with Gasteiger partial charge in [-0.1, -0.05) is 121 Å². The molecule has 0 spiro atoms. The van der Waals surface area contributed by atoms with E-state index >= 15 is 0 Å². The fraction of sp³-hybridized carbons (Fsp3) is 0.103. The van der Waals surface area contributed by atoms with E-state index in [9.17, 15) is 9.59 Å². The third-order valence-corrected chi connectivity index (χ3v) is 6.23. The molecule has 0 unspecified atom stereocenters. The minimum atomic E-state index is -1.76. The van der Waals surface area contributed by atoms with Gasteiger partial charge in [0, 0.05) is 0 Å². The first kappa shape index (κ1) is 23.5. The molecule has 178 valence electrons. The Balaban J connectivity index is 1.63. The van der Waals surface area contributed by atoms with Crippen LogP contribution in [-0.2, 0) is 39.5 Å². The predicted octanol–water partition coefficient (Wildman–Crippen LogP) is 4.62. The summed E-state index contributed by atoms with van der Waals surface area (Å²) in [5, 5.41) is 0. The molecule has 1 aliphatic heterocycles. The van der Waals surface area contributed by atoms with Crippen LogP contribution < -0.4 is 0 Å². The van der Waals surface area contributed by atoms with E-state index in [0.717, 1.165) is 0 Å². The normalized spacial score (nSPS) is 14.8. The smallest absolute Gasteiger partial charge is 0.482 e. The number of ether oxygens (including phenoxy) is 1. The summed E-state index contributed by atoms with van der Waals surface area (Å²) < 4.78 is 23.6. The average molecular weight is 478 g/mol. The molecule has 1 heterocycles. The first-order valence-corrected chi connectivity index (χ1v) is 11.5. The molecule has 5 rings (SSSR count). The quantitative estimate of drug-likeness (QED) is 0.285. The summed E-state index contributed by atoms with van der Waals surface area (Å²) in [6, 6.07) is 36.0. The Hall–Kier alpha value is -4.20. The van der Waals surface area contributed by atoms with Gasteiger partial charge in [0.15, 0.2) is 0 Å². The molecule has 6 nitrogen and oxygen atoms in total. The number of hydrogen-bond acceptors (Lipinski definition) is 6. The van der Waals surface area contributed by atoms with Gasteiger partial charge < -0.3 is 18.7 Å². The molecule has 0 bridgehead atoms. The van der Waals surface area contributed by atoms with E-state index < -0.39 is 30.5 Å². The van der Waals surface area contributed by atoms with Gasteiger partial charge in [0.05, 0.1) is 7.11 Å². The fourth-order valence-electron chi connectivity index (χ4n) is 4.54. The van der Waals surface area contributed by atoms with E-state index in [1.54, 1.807) is 72.8 Å². The number of carbonyl (C=O) groups is 2. The van der Waals surface area contributed by atoms with Crippen LogP contribution in [0.25, 0.3) is 0 Å². The third kappa shape index (κ3) is 3.88. The number of esters is 1. The number of carbonyl (C=O) groups excluding carboxylic acids is 2. The van der Waals surface area contributed by atoms with E-state index in [-0.39, 0.29) is 0 Å². The molecule has 1 aliphatic rings. The van der Waals surface area contributed by atoms with Crippen molar-refractivity contribution in [2.24, 2.45) is 0 Å². The van der Waals surface area contributed by atoms with Crippen molar-refractivity contribution in [3.8, 4) is 0 Å². The SMILES string of the molecule is COC(=O)C(OB1OC(=O)C(c2ccccc2)(c2ccccc2)O1)(c1ccccc1)c1ccccc1. The monoisotopic (exact) mass is 478 g/mol. The minimum absolute atomic E-state index is 0.500. The van der Waals surface area contributed by atoms with E-state index in [4.69, 9.17) is 18.7 Å². The predicted molar refractivity (Wildman–Crippen MR) is 133 cm³/mol. The van der Waals surface area contributed by atoms with Crippen LogP contribution in [0.3, 0.4) is 0 Å². The molecule has 0 saturated carbocycles. The molecule has 0 atom stereocenters. The molecular weight excluding hydrogens is 455 g/mol. The van der Waals surface area contributed by atoms with Gasteiger partial charge in [-0.2, -0.15) is 0 Å². The molecule has 1 fully saturated rings. The Labute approximate surface area is 209 Å². The summed E-state index contributed by atoms with van der Waals surface area (Å²) >= 11 is 0. The molecule has 1 saturated heterocycles. The Morgan fingerprint density at radius 3 is 1.56 bits per heavy atom. The second-order valence-electron chi connectivity index (χ2n) is 8.25. The van der Waals surface area contributed by atoms with Crippen molar-refractivity contribution in [1.82, 2.24) is 0 Å². The lowest BCUT2D eigenvalue weighted by Crippen LogP contribution is -2.46. The van der Waals surface area contributed by atoms with Crippen molar-refractivity contribution < 1.29 is 28.3 Å². The van der Waals surface area contributed by atoms with Crippen LogP contribution in [0.2, 0.25) is 0 Å². The largest absolute Gasteiger partial charge is 0.717 e. The highest BCUT2D eigenvalue weighted by Gasteiger charge is 2.61. The van der Waals surface area contributed by atoms with Crippen LogP contribution in [-0.4, -0.2) is 26.4 Å². The van der Waals surface area contributed by atoms with Gasteiger partial charge in [0.1, 0.15) is 0 Å². The maximum absolute atomic E-state index is 13.6. The molecule has 7 heteroatoms. The molecule has 0 N–H and O–H groups in total. The molecule has 0 amide bonds. The Morgan fingerprint density at radius 1 is 0.722 bits per heavy atom. The first-order valence-electron chi connectivity index (χ1n) is 11.5. The van der Waals surface area contributed by atoms with Gasteiger partial charge in [-0.25, -0.2) is 9.59 Å². The molecule has 0 radical (unpaired) electrons. The standard InChI is InChI=1S/C29H23BO6/c1-33-26(31)28(22-14-6-2-7-15-22,23-16-8-3-9-17-23)35-30-34-27(32)29(36-30,24-18-10-4-11-19-24)25-20-12-5-13-21-25/h2-21H,1H3. The summed E-state index contributed by atoms with van der Waals surface area (Å²) in [4.78, 5) is 27.0. The number of hydrogen-bond donors (Lipinski definition) is 0.